The summed E-state index contributed by atoms with van der Waals surface area (Å²) in [4.78, 5) is 18.4. The maximum Gasteiger partial charge on any atom is 0.320 e. The molecule has 7 rings (SSSR count). The fourth-order valence-electron chi connectivity index (χ4n) is 7.33. The average Bonchev–Trinajstić information content (AvgIpc) is 3.80. The van der Waals surface area contributed by atoms with E-state index in [2.05, 4.69) is 77.4 Å². The van der Waals surface area contributed by atoms with Crippen LogP contribution in [0.25, 0.3) is 11.3 Å². The van der Waals surface area contributed by atoms with E-state index in [0.717, 1.165) is 91.8 Å². The van der Waals surface area contributed by atoms with E-state index >= 15 is 0 Å². The zero-order valence-electron chi connectivity index (χ0n) is 32.0. The van der Waals surface area contributed by atoms with Crippen LogP contribution in [0.1, 0.15) is 95.7 Å². The fourth-order valence-corrected chi connectivity index (χ4v) is 7.50. The number of pyridine rings is 1. The molecule has 2 aliphatic rings. The second kappa shape index (κ2) is 16.3. The highest BCUT2D eigenvalue weighted by Gasteiger charge is 2.30. The molecule has 1 aliphatic heterocycles. The number of carbonyl (C=O) groups excluding carboxylic acids is 1. The van der Waals surface area contributed by atoms with Crippen molar-refractivity contribution in [2.75, 3.05) is 49.5 Å². The van der Waals surface area contributed by atoms with Crippen molar-refractivity contribution < 1.29 is 14.3 Å². The van der Waals surface area contributed by atoms with Crippen LogP contribution in [0.4, 0.5) is 16.6 Å². The van der Waals surface area contributed by atoms with Gasteiger partial charge in [-0.3, -0.25) is 9.72 Å². The third kappa shape index (κ3) is 8.29. The molecule has 0 bridgehead atoms. The molecule has 4 heterocycles. The van der Waals surface area contributed by atoms with Gasteiger partial charge in [-0.1, -0.05) is 70.5 Å². The van der Waals surface area contributed by atoms with Crippen LogP contribution in [-0.4, -0.2) is 74.6 Å². The molecular weight excluding hydrogens is 702 g/mol. The summed E-state index contributed by atoms with van der Waals surface area (Å²) in [6.07, 6.45) is 6.84. The van der Waals surface area contributed by atoms with Crippen molar-refractivity contribution in [1.82, 2.24) is 34.6 Å². The number of rotatable bonds is 12. The van der Waals surface area contributed by atoms with Crippen molar-refractivity contribution in [3.8, 4) is 17.2 Å². The number of benzene rings is 2. The van der Waals surface area contributed by atoms with E-state index in [9.17, 15) is 4.79 Å². The molecule has 0 saturated carbocycles. The molecule has 5 aromatic rings. The molecule has 286 valence electrons. The van der Waals surface area contributed by atoms with Crippen LogP contribution in [0.2, 0.25) is 5.02 Å². The minimum absolute atomic E-state index is 0.168. The Morgan fingerprint density at radius 2 is 1.74 bits per heavy atom. The summed E-state index contributed by atoms with van der Waals surface area (Å²) in [5, 5.41) is 20.7. The number of hydrogen-bond acceptors (Lipinski definition) is 8. The normalized spacial score (nSPS) is 17.4. The number of piperidine rings is 1. The first-order chi connectivity index (χ1) is 26.1. The van der Waals surface area contributed by atoms with Crippen molar-refractivity contribution in [3.63, 3.8) is 0 Å². The molecule has 54 heavy (non-hydrogen) atoms. The Kier molecular flexibility index (Phi) is 11.3. The van der Waals surface area contributed by atoms with E-state index in [1.54, 1.807) is 10.7 Å². The lowest BCUT2D eigenvalue weighted by Gasteiger charge is -2.32. The van der Waals surface area contributed by atoms with Gasteiger partial charge >= 0.3 is 6.03 Å². The van der Waals surface area contributed by atoms with Crippen LogP contribution in [0, 0.1) is 0 Å². The molecule has 12 nitrogen and oxygen atoms in total. The van der Waals surface area contributed by atoms with E-state index in [4.69, 9.17) is 26.2 Å². The number of halogens is 1. The molecule has 1 saturated heterocycles. The maximum absolute atomic E-state index is 13.8. The van der Waals surface area contributed by atoms with Gasteiger partial charge in [-0.15, -0.1) is 10.2 Å². The van der Waals surface area contributed by atoms with Crippen molar-refractivity contribution in [1.29, 1.82) is 0 Å². The standard InChI is InChI=1S/C41H52ClN9O3/c1-6-48(7-2)23-24-53-35-25-28(15-17-32(35)42)51-38(26-36(47-51)41(3,4)5)44-39(52)43-33-18-19-34(31-14-10-9-13-30(31)33)54-29-16-20-37-45-46-40(50(37)27-29)49-21-11-8-12-22-49/h9-10,13-17,20,25-27,33-34H,6-8,11-12,18-19,21-24H2,1-5H3,(H2,43,44,52)/t33-,34+/m0/s1. The Bertz CT molecular complexity index is 2060. The Hall–Kier alpha value is -4.81. The van der Waals surface area contributed by atoms with Crippen LogP contribution in [0.3, 0.4) is 0 Å². The van der Waals surface area contributed by atoms with Gasteiger partial charge < -0.3 is 24.6 Å². The Morgan fingerprint density at radius 1 is 0.963 bits per heavy atom. The van der Waals surface area contributed by atoms with E-state index in [-0.39, 0.29) is 23.6 Å². The van der Waals surface area contributed by atoms with Crippen LogP contribution in [-0.2, 0) is 5.41 Å². The zero-order chi connectivity index (χ0) is 37.8. The quantitative estimate of drug-likeness (QED) is 0.131. The van der Waals surface area contributed by atoms with Gasteiger partial charge in [-0.25, -0.2) is 9.48 Å². The first-order valence-electron chi connectivity index (χ1n) is 19.3. The first-order valence-corrected chi connectivity index (χ1v) is 19.7. The molecule has 3 aromatic heterocycles. The Labute approximate surface area is 322 Å². The fraction of sp³-hybridized carbons (Fsp3) is 0.463. The highest BCUT2D eigenvalue weighted by Crippen LogP contribution is 2.39. The van der Waals surface area contributed by atoms with Gasteiger partial charge in [0, 0.05) is 37.2 Å². The SMILES string of the molecule is CCN(CC)CCOc1cc(-n2nc(C(C)(C)C)cc2NC(=O)N[C@H]2CC[C@@H](Oc3ccc4nnc(N5CCCCC5)n4c3)c3ccccc32)ccc1Cl. The largest absolute Gasteiger partial charge is 0.491 e. The highest BCUT2D eigenvalue weighted by molar-refractivity contribution is 6.32. The summed E-state index contributed by atoms with van der Waals surface area (Å²) >= 11 is 6.56. The number of likely N-dealkylation sites (N-methyl/N-ethyl adjacent to an activating group) is 1. The Balaban J connectivity index is 1.07. The van der Waals surface area contributed by atoms with E-state index < -0.39 is 0 Å². The predicted octanol–water partition coefficient (Wildman–Crippen LogP) is 8.35. The monoisotopic (exact) mass is 753 g/mol. The zero-order valence-corrected chi connectivity index (χ0v) is 32.8. The van der Waals surface area contributed by atoms with Gasteiger partial charge in [0.25, 0.3) is 0 Å². The minimum Gasteiger partial charge on any atom is -0.491 e. The minimum atomic E-state index is -0.316. The number of carbonyl (C=O) groups is 1. The molecule has 2 N–H and O–H groups in total. The van der Waals surface area contributed by atoms with E-state index in [0.29, 0.717) is 29.6 Å². The molecule has 0 radical (unpaired) electrons. The molecular formula is C41H52ClN9O3. The molecule has 1 aliphatic carbocycles. The number of hydrogen-bond donors (Lipinski definition) is 2. The first kappa shape index (κ1) is 37.5. The maximum atomic E-state index is 13.8. The molecule has 2 atom stereocenters. The predicted molar refractivity (Wildman–Crippen MR) is 214 cm³/mol. The lowest BCUT2D eigenvalue weighted by atomic mass is 9.85. The smallest absolute Gasteiger partial charge is 0.320 e. The third-order valence-electron chi connectivity index (χ3n) is 10.5. The highest BCUT2D eigenvalue weighted by atomic mass is 35.5. The molecule has 2 amide bonds. The van der Waals surface area contributed by atoms with Crippen molar-refractivity contribution >= 4 is 35.0 Å². The lowest BCUT2D eigenvalue weighted by molar-refractivity contribution is 0.171. The molecule has 2 aromatic carbocycles. The van der Waals surface area contributed by atoms with Gasteiger partial charge in [0.05, 0.1) is 28.6 Å². The van der Waals surface area contributed by atoms with E-state index in [1.807, 2.05) is 53.1 Å². The second-order valence-electron chi connectivity index (χ2n) is 15.2. The molecule has 0 unspecified atom stereocenters. The van der Waals surface area contributed by atoms with Crippen LogP contribution in [0.15, 0.2) is 66.9 Å². The molecule has 0 spiro atoms. The number of amides is 2. The summed E-state index contributed by atoms with van der Waals surface area (Å²) in [6, 6.07) is 19.1. The summed E-state index contributed by atoms with van der Waals surface area (Å²) in [6.45, 7) is 15.8. The van der Waals surface area contributed by atoms with E-state index in [1.165, 1.54) is 6.42 Å². The van der Waals surface area contributed by atoms with Gasteiger partial charge in [0.2, 0.25) is 5.95 Å². The number of urea groups is 1. The van der Waals surface area contributed by atoms with Crippen molar-refractivity contribution in [2.45, 2.75) is 84.3 Å². The lowest BCUT2D eigenvalue weighted by Crippen LogP contribution is -2.36. The van der Waals surface area contributed by atoms with Crippen LogP contribution >= 0.6 is 11.6 Å². The second-order valence-corrected chi connectivity index (χ2v) is 15.6. The van der Waals surface area contributed by atoms with Crippen LogP contribution in [0.5, 0.6) is 11.5 Å². The summed E-state index contributed by atoms with van der Waals surface area (Å²) in [5.74, 6) is 2.74. The number of aromatic nitrogens is 5. The summed E-state index contributed by atoms with van der Waals surface area (Å²) < 4.78 is 16.6. The third-order valence-corrected chi connectivity index (χ3v) is 10.8. The van der Waals surface area contributed by atoms with Gasteiger partial charge in [0.15, 0.2) is 5.65 Å². The number of fused-ring (bicyclic) bond motifs is 2. The van der Waals surface area contributed by atoms with Gasteiger partial charge in [-0.2, -0.15) is 5.10 Å². The molecule has 13 heteroatoms. The van der Waals surface area contributed by atoms with Crippen molar-refractivity contribution in [2.24, 2.45) is 0 Å². The Morgan fingerprint density at radius 3 is 2.50 bits per heavy atom. The average molecular weight is 754 g/mol. The topological polar surface area (TPSA) is 114 Å². The van der Waals surface area contributed by atoms with Crippen LogP contribution < -0.4 is 25.0 Å². The van der Waals surface area contributed by atoms with Gasteiger partial charge in [-0.05, 0) is 80.6 Å². The van der Waals surface area contributed by atoms with Crippen molar-refractivity contribution in [3.05, 3.63) is 88.7 Å². The number of ether oxygens (including phenoxy) is 2. The summed E-state index contributed by atoms with van der Waals surface area (Å²) in [5.41, 5.74) is 4.22. The molecule has 1 fully saturated rings. The number of nitrogens with zero attached hydrogens (tertiary/aromatic N) is 7. The summed E-state index contributed by atoms with van der Waals surface area (Å²) in [7, 11) is 0. The number of nitrogens with one attached hydrogen (secondary N) is 2. The van der Waals surface area contributed by atoms with Gasteiger partial charge in [0.1, 0.15) is 30.0 Å². The number of anilines is 2.